The van der Waals surface area contributed by atoms with Gasteiger partial charge in [0.1, 0.15) is 0 Å². The second-order valence-electron chi connectivity index (χ2n) is 3.92. The fraction of sp³-hybridized carbons (Fsp3) is 0.538. The number of nitrogens with zero attached hydrogens (tertiary/aromatic N) is 2. The zero-order chi connectivity index (χ0) is 14.0. The van der Waals surface area contributed by atoms with Crippen LogP contribution < -0.4 is 0 Å². The molecule has 0 aliphatic rings. The average Bonchev–Trinajstić information content (AvgIpc) is 2.47. The minimum atomic E-state index is -2.46. The lowest BCUT2D eigenvalue weighted by Crippen LogP contribution is -2.43. The molecule has 0 spiro atoms. The highest BCUT2D eigenvalue weighted by molar-refractivity contribution is 6.60. The van der Waals surface area contributed by atoms with E-state index < -0.39 is 8.80 Å². The molecule has 6 heteroatoms. The van der Waals surface area contributed by atoms with Crippen molar-refractivity contribution in [1.29, 1.82) is 0 Å². The maximum atomic E-state index is 5.62. The van der Waals surface area contributed by atoms with Crippen molar-refractivity contribution in [1.82, 2.24) is 4.98 Å². The third-order valence-corrected chi connectivity index (χ3v) is 5.61. The van der Waals surface area contributed by atoms with Crippen LogP contribution in [0.1, 0.15) is 19.0 Å². The Morgan fingerprint density at radius 2 is 2.11 bits per heavy atom. The Morgan fingerprint density at radius 3 is 2.68 bits per heavy atom. The predicted octanol–water partition coefficient (Wildman–Crippen LogP) is 2.16. The van der Waals surface area contributed by atoms with Gasteiger partial charge in [0.05, 0.1) is 5.69 Å². The van der Waals surface area contributed by atoms with Crippen LogP contribution in [0.3, 0.4) is 0 Å². The molecule has 0 aromatic carbocycles. The molecule has 0 radical (unpaired) electrons. The summed E-state index contributed by atoms with van der Waals surface area (Å²) in [5, 5.41) is 0. The number of aliphatic imine (C=N–C) groups is 1. The monoisotopic (exact) mass is 282 g/mol. The lowest BCUT2D eigenvalue weighted by atomic mass is 10.4. The van der Waals surface area contributed by atoms with Crippen molar-refractivity contribution in [2.24, 2.45) is 4.99 Å². The minimum Gasteiger partial charge on any atom is -0.377 e. The van der Waals surface area contributed by atoms with E-state index in [2.05, 4.69) is 9.98 Å². The van der Waals surface area contributed by atoms with Crippen LogP contribution in [0.2, 0.25) is 6.04 Å². The van der Waals surface area contributed by atoms with Crippen molar-refractivity contribution in [2.45, 2.75) is 19.4 Å². The fourth-order valence-electron chi connectivity index (χ4n) is 1.69. The Bertz CT molecular complexity index is 369. The quantitative estimate of drug-likeness (QED) is 0.396. The van der Waals surface area contributed by atoms with E-state index in [1.165, 1.54) is 0 Å². The summed E-state index contributed by atoms with van der Waals surface area (Å²) in [6, 6.07) is 6.52. The van der Waals surface area contributed by atoms with Gasteiger partial charge in [-0.25, -0.2) is 0 Å². The number of aromatic nitrogens is 1. The van der Waals surface area contributed by atoms with E-state index in [-0.39, 0.29) is 0 Å². The van der Waals surface area contributed by atoms with Crippen molar-refractivity contribution >= 4 is 15.0 Å². The molecule has 1 heterocycles. The Kier molecular flexibility index (Phi) is 7.50. The molecule has 0 amide bonds. The second kappa shape index (κ2) is 8.92. The van der Waals surface area contributed by atoms with Crippen LogP contribution in [0.15, 0.2) is 29.4 Å². The van der Waals surface area contributed by atoms with E-state index >= 15 is 0 Å². The molecule has 0 N–H and O–H groups in total. The maximum Gasteiger partial charge on any atom is 0.500 e. The molecular formula is C13H22N2O3Si. The van der Waals surface area contributed by atoms with Crippen LogP contribution in [0.4, 0.5) is 0 Å². The third-order valence-electron chi connectivity index (χ3n) is 2.67. The minimum absolute atomic E-state index is 0.602. The summed E-state index contributed by atoms with van der Waals surface area (Å²) in [4.78, 5) is 8.51. The highest BCUT2D eigenvalue weighted by Gasteiger charge is 2.37. The summed E-state index contributed by atoms with van der Waals surface area (Å²) in [7, 11) is 0.821. The molecule has 0 bridgehead atoms. The SMILES string of the molecule is CCO[Si](CCCN=Cc1ccccn1)(OC)OC. The molecule has 19 heavy (non-hydrogen) atoms. The van der Waals surface area contributed by atoms with Gasteiger partial charge in [-0.3, -0.25) is 9.98 Å². The van der Waals surface area contributed by atoms with E-state index in [0.717, 1.165) is 18.2 Å². The van der Waals surface area contributed by atoms with Gasteiger partial charge in [-0.15, -0.1) is 0 Å². The lowest BCUT2D eigenvalue weighted by molar-refractivity contribution is 0.103. The summed E-state index contributed by atoms with van der Waals surface area (Å²) in [5.41, 5.74) is 0.870. The average molecular weight is 282 g/mol. The number of rotatable bonds is 9. The first-order valence-electron chi connectivity index (χ1n) is 6.41. The summed E-state index contributed by atoms with van der Waals surface area (Å²) in [6.07, 6.45) is 4.41. The zero-order valence-electron chi connectivity index (χ0n) is 11.8. The molecule has 0 atom stereocenters. The van der Waals surface area contributed by atoms with Crippen molar-refractivity contribution < 1.29 is 13.3 Å². The smallest absolute Gasteiger partial charge is 0.377 e. The molecule has 0 aliphatic carbocycles. The molecule has 0 aliphatic heterocycles. The van der Waals surface area contributed by atoms with Crippen LogP contribution in [-0.2, 0) is 13.3 Å². The zero-order valence-corrected chi connectivity index (χ0v) is 12.8. The predicted molar refractivity (Wildman–Crippen MR) is 77.5 cm³/mol. The molecule has 1 rings (SSSR count). The third kappa shape index (κ3) is 5.60. The summed E-state index contributed by atoms with van der Waals surface area (Å²) < 4.78 is 16.5. The second-order valence-corrected chi connectivity index (χ2v) is 6.89. The van der Waals surface area contributed by atoms with Crippen molar-refractivity contribution in [3.05, 3.63) is 30.1 Å². The highest BCUT2D eigenvalue weighted by atomic mass is 28.4. The number of hydrogen-bond donors (Lipinski definition) is 0. The first-order valence-corrected chi connectivity index (χ1v) is 8.34. The van der Waals surface area contributed by atoms with Gasteiger partial charge in [-0.05, 0) is 25.5 Å². The highest BCUT2D eigenvalue weighted by Crippen LogP contribution is 2.15. The molecule has 0 saturated carbocycles. The summed E-state index contributed by atoms with van der Waals surface area (Å²) in [6.45, 7) is 3.26. The molecule has 1 aromatic heterocycles. The largest absolute Gasteiger partial charge is 0.500 e. The lowest BCUT2D eigenvalue weighted by Gasteiger charge is -2.25. The van der Waals surface area contributed by atoms with E-state index in [4.69, 9.17) is 13.3 Å². The normalized spacial score (nSPS) is 12.2. The van der Waals surface area contributed by atoms with Gasteiger partial charge < -0.3 is 13.3 Å². The molecule has 0 saturated heterocycles. The van der Waals surface area contributed by atoms with Crippen LogP contribution in [-0.4, -0.2) is 47.4 Å². The molecule has 5 nitrogen and oxygen atoms in total. The van der Waals surface area contributed by atoms with Crippen molar-refractivity contribution in [3.8, 4) is 0 Å². The first kappa shape index (κ1) is 16.0. The van der Waals surface area contributed by atoms with Gasteiger partial charge in [0.25, 0.3) is 0 Å². The maximum absolute atomic E-state index is 5.62. The summed E-state index contributed by atoms with van der Waals surface area (Å²) in [5.74, 6) is 0. The van der Waals surface area contributed by atoms with Gasteiger partial charge in [0, 0.05) is 45.8 Å². The fourth-order valence-corrected chi connectivity index (χ4v) is 3.68. The summed E-state index contributed by atoms with van der Waals surface area (Å²) >= 11 is 0. The van der Waals surface area contributed by atoms with Gasteiger partial charge in [0.15, 0.2) is 0 Å². The Balaban J connectivity index is 2.34. The van der Waals surface area contributed by atoms with Gasteiger partial charge in [-0.1, -0.05) is 6.07 Å². The number of hydrogen-bond acceptors (Lipinski definition) is 5. The van der Waals surface area contributed by atoms with Gasteiger partial charge in [-0.2, -0.15) is 0 Å². The van der Waals surface area contributed by atoms with Gasteiger partial charge in [0.2, 0.25) is 0 Å². The van der Waals surface area contributed by atoms with Crippen LogP contribution in [0.25, 0.3) is 0 Å². The van der Waals surface area contributed by atoms with Crippen molar-refractivity contribution in [3.63, 3.8) is 0 Å². The molecule has 0 fully saturated rings. The van der Waals surface area contributed by atoms with Crippen LogP contribution in [0, 0.1) is 0 Å². The Hall–Kier alpha value is -1.08. The van der Waals surface area contributed by atoms with E-state index in [9.17, 15) is 0 Å². The molecule has 0 unspecified atom stereocenters. The Morgan fingerprint density at radius 1 is 1.32 bits per heavy atom. The van der Waals surface area contributed by atoms with Crippen molar-refractivity contribution in [2.75, 3.05) is 27.4 Å². The molecule has 1 aromatic rings. The van der Waals surface area contributed by atoms with Crippen LogP contribution >= 0.6 is 0 Å². The number of pyridine rings is 1. The van der Waals surface area contributed by atoms with E-state index in [0.29, 0.717) is 13.2 Å². The molecular weight excluding hydrogens is 260 g/mol. The van der Waals surface area contributed by atoms with E-state index in [1.54, 1.807) is 26.6 Å². The molecule has 106 valence electrons. The standard InChI is InChI=1S/C13H22N2O3Si/c1-4-18-19(16-2,17-3)11-7-9-14-12-13-8-5-6-10-15-13/h5-6,8,10,12H,4,7,9,11H2,1-3H3. The Labute approximate surface area is 116 Å². The van der Waals surface area contributed by atoms with E-state index in [1.807, 2.05) is 25.1 Å². The van der Waals surface area contributed by atoms with Gasteiger partial charge >= 0.3 is 8.80 Å². The van der Waals surface area contributed by atoms with Crippen LogP contribution in [0.5, 0.6) is 0 Å². The first-order chi connectivity index (χ1) is 9.26. The topological polar surface area (TPSA) is 52.9 Å².